The standard InChI is InChI=1S/C11H12FNO4/c12-8-3-1-2-7(4-8)5-10(15)13-6-9(14)11(16)17/h1-4,9,14H,5-6H2,(H,13,15)(H,16,17)/t9-/m0/s1. The molecule has 0 aliphatic carbocycles. The molecule has 6 heteroatoms. The molecule has 17 heavy (non-hydrogen) atoms. The van der Waals surface area contributed by atoms with Crippen LogP contribution in [0.1, 0.15) is 5.56 Å². The van der Waals surface area contributed by atoms with Crippen molar-refractivity contribution < 1.29 is 24.2 Å². The second kappa shape index (κ2) is 5.95. The largest absolute Gasteiger partial charge is 0.479 e. The van der Waals surface area contributed by atoms with Crippen LogP contribution in [0.4, 0.5) is 4.39 Å². The quantitative estimate of drug-likeness (QED) is 0.673. The highest BCUT2D eigenvalue weighted by Gasteiger charge is 2.14. The van der Waals surface area contributed by atoms with Gasteiger partial charge in [0.2, 0.25) is 5.91 Å². The molecule has 92 valence electrons. The summed E-state index contributed by atoms with van der Waals surface area (Å²) in [5, 5.41) is 19.5. The SMILES string of the molecule is O=C(Cc1cccc(F)c1)NC[C@H](O)C(=O)O. The summed E-state index contributed by atoms with van der Waals surface area (Å²) in [5.74, 6) is -2.33. The zero-order chi connectivity index (χ0) is 12.8. The van der Waals surface area contributed by atoms with Gasteiger partial charge in [-0.1, -0.05) is 12.1 Å². The van der Waals surface area contributed by atoms with E-state index in [4.69, 9.17) is 10.2 Å². The third-order valence-corrected chi connectivity index (χ3v) is 2.03. The summed E-state index contributed by atoms with van der Waals surface area (Å²) in [5.41, 5.74) is 0.479. The molecule has 0 bridgehead atoms. The fourth-order valence-electron chi connectivity index (χ4n) is 1.19. The van der Waals surface area contributed by atoms with Crippen molar-refractivity contribution in [3.05, 3.63) is 35.6 Å². The maximum atomic E-state index is 12.8. The molecular weight excluding hydrogens is 229 g/mol. The Morgan fingerprint density at radius 1 is 1.41 bits per heavy atom. The van der Waals surface area contributed by atoms with E-state index in [1.165, 1.54) is 18.2 Å². The first-order valence-corrected chi connectivity index (χ1v) is 4.91. The molecule has 5 nitrogen and oxygen atoms in total. The molecule has 1 aromatic carbocycles. The summed E-state index contributed by atoms with van der Waals surface area (Å²) in [6.07, 6.45) is -1.70. The number of halogens is 1. The Labute approximate surface area is 96.9 Å². The van der Waals surface area contributed by atoms with Crippen LogP contribution >= 0.6 is 0 Å². The summed E-state index contributed by atoms with van der Waals surface area (Å²) in [6.45, 7) is -0.372. The topological polar surface area (TPSA) is 86.6 Å². The number of hydrogen-bond acceptors (Lipinski definition) is 3. The van der Waals surface area contributed by atoms with Gasteiger partial charge in [-0.3, -0.25) is 4.79 Å². The van der Waals surface area contributed by atoms with Crippen molar-refractivity contribution >= 4 is 11.9 Å². The number of hydrogen-bond donors (Lipinski definition) is 3. The number of carbonyl (C=O) groups excluding carboxylic acids is 1. The number of aliphatic hydroxyl groups is 1. The monoisotopic (exact) mass is 241 g/mol. The Bertz CT molecular complexity index is 422. The molecule has 0 aliphatic rings. The average molecular weight is 241 g/mol. The van der Waals surface area contributed by atoms with Crippen molar-refractivity contribution in [1.29, 1.82) is 0 Å². The molecule has 0 fully saturated rings. The van der Waals surface area contributed by atoms with E-state index in [1.54, 1.807) is 6.07 Å². The Morgan fingerprint density at radius 3 is 2.71 bits per heavy atom. The zero-order valence-electron chi connectivity index (χ0n) is 8.89. The molecule has 0 saturated heterocycles. The lowest BCUT2D eigenvalue weighted by atomic mass is 10.1. The number of nitrogens with one attached hydrogen (secondary N) is 1. The molecule has 0 unspecified atom stereocenters. The first-order valence-electron chi connectivity index (χ1n) is 4.91. The van der Waals surface area contributed by atoms with Gasteiger partial charge in [0.25, 0.3) is 0 Å². The van der Waals surface area contributed by atoms with Gasteiger partial charge in [0.15, 0.2) is 6.10 Å². The number of carbonyl (C=O) groups is 2. The van der Waals surface area contributed by atoms with E-state index in [1.807, 2.05) is 0 Å². The van der Waals surface area contributed by atoms with Gasteiger partial charge in [0, 0.05) is 0 Å². The molecule has 1 rings (SSSR count). The van der Waals surface area contributed by atoms with Crippen molar-refractivity contribution in [1.82, 2.24) is 5.32 Å². The molecule has 0 aromatic heterocycles. The van der Waals surface area contributed by atoms with Gasteiger partial charge in [0.1, 0.15) is 5.82 Å². The molecule has 0 radical (unpaired) electrons. The highest BCUT2D eigenvalue weighted by Crippen LogP contribution is 2.03. The van der Waals surface area contributed by atoms with Crippen LogP contribution in [-0.2, 0) is 16.0 Å². The second-order valence-corrected chi connectivity index (χ2v) is 3.46. The minimum atomic E-state index is -1.63. The number of carboxylic acid groups (broad SMARTS) is 1. The Hall–Kier alpha value is -1.95. The van der Waals surface area contributed by atoms with Crippen molar-refractivity contribution in [2.75, 3.05) is 6.54 Å². The van der Waals surface area contributed by atoms with E-state index >= 15 is 0 Å². The number of aliphatic carboxylic acids is 1. The lowest BCUT2D eigenvalue weighted by molar-refractivity contribution is -0.146. The highest BCUT2D eigenvalue weighted by atomic mass is 19.1. The van der Waals surface area contributed by atoms with Gasteiger partial charge in [0.05, 0.1) is 13.0 Å². The van der Waals surface area contributed by atoms with Crippen molar-refractivity contribution in [2.45, 2.75) is 12.5 Å². The fraction of sp³-hybridized carbons (Fsp3) is 0.273. The van der Waals surface area contributed by atoms with Crippen LogP contribution in [0.2, 0.25) is 0 Å². The van der Waals surface area contributed by atoms with E-state index < -0.39 is 23.8 Å². The maximum Gasteiger partial charge on any atom is 0.334 e. The fourth-order valence-corrected chi connectivity index (χ4v) is 1.19. The van der Waals surface area contributed by atoms with Crippen LogP contribution in [0.15, 0.2) is 24.3 Å². The number of carboxylic acids is 1. The Morgan fingerprint density at radius 2 is 2.12 bits per heavy atom. The third kappa shape index (κ3) is 4.60. The van der Waals surface area contributed by atoms with Crippen LogP contribution in [0.3, 0.4) is 0 Å². The van der Waals surface area contributed by atoms with Gasteiger partial charge >= 0.3 is 5.97 Å². The van der Waals surface area contributed by atoms with Crippen molar-refractivity contribution in [2.24, 2.45) is 0 Å². The van der Waals surface area contributed by atoms with Crippen LogP contribution in [-0.4, -0.2) is 34.7 Å². The minimum Gasteiger partial charge on any atom is -0.479 e. The molecular formula is C11H12FNO4. The summed E-state index contributed by atoms with van der Waals surface area (Å²) < 4.78 is 12.8. The molecule has 0 aliphatic heterocycles. The summed E-state index contributed by atoms with van der Waals surface area (Å²) >= 11 is 0. The molecule has 0 heterocycles. The first-order chi connectivity index (χ1) is 7.99. The predicted octanol–water partition coefficient (Wildman–Crippen LogP) is -0.0701. The van der Waals surface area contributed by atoms with Gasteiger partial charge < -0.3 is 15.5 Å². The van der Waals surface area contributed by atoms with E-state index in [-0.39, 0.29) is 13.0 Å². The highest BCUT2D eigenvalue weighted by molar-refractivity contribution is 5.79. The summed E-state index contributed by atoms with van der Waals surface area (Å²) in [4.78, 5) is 21.6. The Balaban J connectivity index is 2.42. The molecule has 1 amide bonds. The number of benzene rings is 1. The lowest BCUT2D eigenvalue weighted by Gasteiger charge is -2.07. The summed E-state index contributed by atoms with van der Waals surface area (Å²) in [7, 11) is 0. The van der Waals surface area contributed by atoms with Crippen molar-refractivity contribution in [3.63, 3.8) is 0 Å². The average Bonchev–Trinajstić information content (AvgIpc) is 2.25. The van der Waals surface area contributed by atoms with Crippen LogP contribution < -0.4 is 5.32 Å². The second-order valence-electron chi connectivity index (χ2n) is 3.46. The van der Waals surface area contributed by atoms with Gasteiger partial charge in [-0.15, -0.1) is 0 Å². The summed E-state index contributed by atoms with van der Waals surface area (Å²) in [6, 6.07) is 5.53. The first kappa shape index (κ1) is 13.1. The zero-order valence-corrected chi connectivity index (χ0v) is 8.89. The third-order valence-electron chi connectivity index (χ3n) is 2.03. The molecule has 3 N–H and O–H groups in total. The predicted molar refractivity (Wildman–Crippen MR) is 56.8 cm³/mol. The molecule has 1 aromatic rings. The number of amides is 1. The van der Waals surface area contributed by atoms with E-state index in [0.29, 0.717) is 5.56 Å². The normalized spacial score (nSPS) is 11.9. The van der Waals surface area contributed by atoms with Crippen LogP contribution in [0, 0.1) is 5.82 Å². The number of aliphatic hydroxyl groups excluding tert-OH is 1. The van der Waals surface area contributed by atoms with Gasteiger partial charge in [-0.2, -0.15) is 0 Å². The number of rotatable bonds is 5. The van der Waals surface area contributed by atoms with Gasteiger partial charge in [-0.05, 0) is 17.7 Å². The molecule has 1 atom stereocenters. The Kier molecular flexibility index (Phi) is 4.59. The molecule has 0 saturated carbocycles. The smallest absolute Gasteiger partial charge is 0.334 e. The van der Waals surface area contributed by atoms with Gasteiger partial charge in [-0.25, -0.2) is 9.18 Å². The maximum absolute atomic E-state index is 12.8. The van der Waals surface area contributed by atoms with Crippen molar-refractivity contribution in [3.8, 4) is 0 Å². The van der Waals surface area contributed by atoms with E-state index in [9.17, 15) is 14.0 Å². The van der Waals surface area contributed by atoms with E-state index in [0.717, 1.165) is 0 Å². The van der Waals surface area contributed by atoms with Crippen LogP contribution in [0.25, 0.3) is 0 Å². The van der Waals surface area contributed by atoms with E-state index in [2.05, 4.69) is 5.32 Å². The lowest BCUT2D eigenvalue weighted by Crippen LogP contribution is -2.37. The van der Waals surface area contributed by atoms with Crippen LogP contribution in [0.5, 0.6) is 0 Å². The molecule has 0 spiro atoms. The minimum absolute atomic E-state index is 0.0654.